The van der Waals surface area contributed by atoms with E-state index in [1.165, 1.54) is 16.9 Å². The fourth-order valence-electron chi connectivity index (χ4n) is 2.72. The third-order valence-corrected chi connectivity index (χ3v) is 4.96. The van der Waals surface area contributed by atoms with Crippen LogP contribution in [0.15, 0.2) is 36.7 Å². The molecule has 1 aliphatic heterocycles. The van der Waals surface area contributed by atoms with Gasteiger partial charge in [-0.2, -0.15) is 0 Å². The lowest BCUT2D eigenvalue weighted by molar-refractivity contribution is 0.102. The molecule has 4 rings (SSSR count). The van der Waals surface area contributed by atoms with Gasteiger partial charge in [-0.15, -0.1) is 11.3 Å². The van der Waals surface area contributed by atoms with Crippen molar-refractivity contribution in [3.8, 4) is 16.9 Å². The van der Waals surface area contributed by atoms with Crippen LogP contribution in [0.5, 0.6) is 5.75 Å². The molecule has 0 unspecified atom stereocenters. The van der Waals surface area contributed by atoms with E-state index in [-0.39, 0.29) is 5.78 Å². The van der Waals surface area contributed by atoms with Gasteiger partial charge in [-0.25, -0.2) is 0 Å². The van der Waals surface area contributed by atoms with Crippen LogP contribution in [0.4, 0.5) is 0 Å². The molecule has 0 fully saturated rings. The molecule has 21 heavy (non-hydrogen) atoms. The van der Waals surface area contributed by atoms with Gasteiger partial charge in [0.1, 0.15) is 5.75 Å². The Morgan fingerprint density at radius 2 is 2.19 bits per heavy atom. The van der Waals surface area contributed by atoms with E-state index in [1.807, 2.05) is 24.5 Å². The molecule has 104 valence electrons. The van der Waals surface area contributed by atoms with E-state index < -0.39 is 0 Å². The third-order valence-electron chi connectivity index (χ3n) is 3.79. The van der Waals surface area contributed by atoms with Crippen LogP contribution >= 0.6 is 11.3 Å². The highest BCUT2D eigenvalue weighted by Crippen LogP contribution is 2.36. The van der Waals surface area contributed by atoms with Gasteiger partial charge >= 0.3 is 0 Å². The van der Waals surface area contributed by atoms with Crippen molar-refractivity contribution < 1.29 is 9.53 Å². The van der Waals surface area contributed by atoms with E-state index in [2.05, 4.69) is 17.1 Å². The van der Waals surface area contributed by atoms with Crippen molar-refractivity contribution in [1.82, 2.24) is 4.98 Å². The summed E-state index contributed by atoms with van der Waals surface area (Å²) in [5.41, 5.74) is 3.45. The number of aromatic nitrogens is 1. The summed E-state index contributed by atoms with van der Waals surface area (Å²) in [4.78, 5) is 16.7. The van der Waals surface area contributed by atoms with Crippen LogP contribution in [0.3, 0.4) is 0 Å². The molecule has 0 atom stereocenters. The average molecular weight is 295 g/mol. The summed E-state index contributed by atoms with van der Waals surface area (Å²) in [6, 6.07) is 8.23. The predicted molar refractivity (Wildman–Crippen MR) is 84.3 cm³/mol. The first-order chi connectivity index (χ1) is 10.2. The molecule has 1 aliphatic rings. The maximum absolute atomic E-state index is 11.6. The predicted octanol–water partition coefficient (Wildman–Crippen LogP) is 4.10. The molecule has 3 aromatic rings. The van der Waals surface area contributed by atoms with E-state index in [0.717, 1.165) is 44.9 Å². The molecule has 0 radical (unpaired) electrons. The van der Waals surface area contributed by atoms with Crippen LogP contribution in [0.1, 0.15) is 22.2 Å². The lowest BCUT2D eigenvalue weighted by atomic mass is 10.0. The van der Waals surface area contributed by atoms with Gasteiger partial charge in [0.05, 0.1) is 16.2 Å². The lowest BCUT2D eigenvalue weighted by Gasteiger charge is -2.05. The zero-order chi connectivity index (χ0) is 14.4. The van der Waals surface area contributed by atoms with Gasteiger partial charge in [-0.3, -0.25) is 9.78 Å². The Kier molecular flexibility index (Phi) is 2.79. The molecule has 0 bridgehead atoms. The highest BCUT2D eigenvalue weighted by Gasteiger charge is 2.15. The van der Waals surface area contributed by atoms with E-state index in [1.54, 1.807) is 6.92 Å². The van der Waals surface area contributed by atoms with Crippen molar-refractivity contribution in [2.24, 2.45) is 0 Å². The second kappa shape index (κ2) is 4.67. The zero-order valence-corrected chi connectivity index (χ0v) is 12.4. The number of hydrogen-bond acceptors (Lipinski definition) is 4. The van der Waals surface area contributed by atoms with E-state index >= 15 is 0 Å². The first-order valence-corrected chi connectivity index (χ1v) is 7.68. The summed E-state index contributed by atoms with van der Waals surface area (Å²) in [5, 5.41) is 1.10. The second-order valence-electron chi connectivity index (χ2n) is 5.19. The second-order valence-corrected chi connectivity index (χ2v) is 6.27. The minimum Gasteiger partial charge on any atom is -0.493 e. The molecule has 0 saturated carbocycles. The summed E-state index contributed by atoms with van der Waals surface area (Å²) in [6.07, 6.45) is 4.65. The molecule has 0 amide bonds. The van der Waals surface area contributed by atoms with E-state index in [4.69, 9.17) is 4.74 Å². The molecular weight excluding hydrogens is 282 g/mol. The monoisotopic (exact) mass is 295 g/mol. The van der Waals surface area contributed by atoms with E-state index in [9.17, 15) is 4.79 Å². The smallest absolute Gasteiger partial charge is 0.169 e. The molecule has 0 aliphatic carbocycles. The summed E-state index contributed by atoms with van der Waals surface area (Å²) >= 11 is 1.50. The number of thiophene rings is 1. The number of carbonyl (C=O) groups excluding carboxylic acids is 1. The van der Waals surface area contributed by atoms with Crippen molar-refractivity contribution in [2.75, 3.05) is 6.61 Å². The number of hydrogen-bond donors (Lipinski definition) is 0. The third kappa shape index (κ3) is 2.03. The van der Waals surface area contributed by atoms with Crippen molar-refractivity contribution in [3.05, 3.63) is 47.1 Å². The highest BCUT2D eigenvalue weighted by atomic mass is 32.1. The topological polar surface area (TPSA) is 39.2 Å². The maximum Gasteiger partial charge on any atom is 0.169 e. The number of benzene rings is 1. The molecule has 3 heterocycles. The number of ether oxygens (including phenoxy) is 1. The Bertz CT molecular complexity index is 866. The molecule has 0 spiro atoms. The van der Waals surface area contributed by atoms with Crippen LogP contribution in [-0.4, -0.2) is 17.4 Å². The van der Waals surface area contributed by atoms with Crippen molar-refractivity contribution >= 4 is 27.2 Å². The number of Topliss-reactive ketones (excluding diaryl/α,β-unsaturated/α-hetero) is 1. The fourth-order valence-corrected chi connectivity index (χ4v) is 3.67. The molecule has 0 saturated heterocycles. The van der Waals surface area contributed by atoms with Gasteiger partial charge < -0.3 is 4.74 Å². The van der Waals surface area contributed by atoms with Crippen molar-refractivity contribution in [1.29, 1.82) is 0 Å². The van der Waals surface area contributed by atoms with Gasteiger partial charge in [0.2, 0.25) is 0 Å². The largest absolute Gasteiger partial charge is 0.493 e. The fraction of sp³-hybridized carbons (Fsp3) is 0.176. The minimum atomic E-state index is 0.101. The van der Waals surface area contributed by atoms with Gasteiger partial charge in [0.15, 0.2) is 5.78 Å². The first-order valence-electron chi connectivity index (χ1n) is 6.87. The van der Waals surface area contributed by atoms with Crippen LogP contribution < -0.4 is 4.74 Å². The van der Waals surface area contributed by atoms with Gasteiger partial charge in [0, 0.05) is 29.8 Å². The number of fused-ring (bicyclic) bond motifs is 2. The SMILES string of the molecule is CC(=O)c1cc2c(-c3ccc4c(c3)CCO4)cncc2s1. The molecule has 3 nitrogen and oxygen atoms in total. The van der Waals surface area contributed by atoms with Crippen LogP contribution in [0, 0.1) is 0 Å². The molecule has 4 heteroatoms. The standard InChI is InChI=1S/C17H13NO2S/c1-10(19)16-7-13-14(8-18-9-17(13)21-16)11-2-3-15-12(6-11)4-5-20-15/h2-3,6-9H,4-5H2,1H3. The van der Waals surface area contributed by atoms with Gasteiger partial charge in [-0.05, 0) is 36.2 Å². The average Bonchev–Trinajstić information content (AvgIpc) is 3.12. The Morgan fingerprint density at radius 1 is 1.29 bits per heavy atom. The summed E-state index contributed by atoms with van der Waals surface area (Å²) in [7, 11) is 0. The Balaban J connectivity index is 1.91. The quantitative estimate of drug-likeness (QED) is 0.668. The molecule has 1 aromatic carbocycles. The summed E-state index contributed by atoms with van der Waals surface area (Å²) in [5.74, 6) is 1.08. The maximum atomic E-state index is 11.6. The van der Waals surface area contributed by atoms with Gasteiger partial charge in [-0.1, -0.05) is 6.07 Å². The van der Waals surface area contributed by atoms with E-state index in [0.29, 0.717) is 0 Å². The van der Waals surface area contributed by atoms with Crippen molar-refractivity contribution in [2.45, 2.75) is 13.3 Å². The first kappa shape index (κ1) is 12.5. The molecular formula is C17H13NO2S. The minimum absolute atomic E-state index is 0.101. The molecule has 0 N–H and O–H groups in total. The number of carbonyl (C=O) groups is 1. The zero-order valence-electron chi connectivity index (χ0n) is 11.6. The number of nitrogens with zero attached hydrogens (tertiary/aromatic N) is 1. The summed E-state index contributed by atoms with van der Waals surface area (Å²) in [6.45, 7) is 2.36. The number of ketones is 1. The number of rotatable bonds is 2. The Labute approximate surface area is 126 Å². The summed E-state index contributed by atoms with van der Waals surface area (Å²) < 4.78 is 6.60. The highest BCUT2D eigenvalue weighted by molar-refractivity contribution is 7.20. The van der Waals surface area contributed by atoms with Crippen LogP contribution in [0.25, 0.3) is 21.2 Å². The lowest BCUT2D eigenvalue weighted by Crippen LogP contribution is -1.85. The Morgan fingerprint density at radius 3 is 3.05 bits per heavy atom. The molecule has 2 aromatic heterocycles. The number of pyridine rings is 1. The van der Waals surface area contributed by atoms with Crippen LogP contribution in [-0.2, 0) is 6.42 Å². The normalized spacial score (nSPS) is 13.2. The Hall–Kier alpha value is -2.20. The van der Waals surface area contributed by atoms with Crippen molar-refractivity contribution in [3.63, 3.8) is 0 Å². The van der Waals surface area contributed by atoms with Gasteiger partial charge in [0.25, 0.3) is 0 Å². The van der Waals surface area contributed by atoms with Crippen LogP contribution in [0.2, 0.25) is 0 Å².